The lowest BCUT2D eigenvalue weighted by Crippen LogP contribution is -2.30. The number of urea groups is 1. The van der Waals surface area contributed by atoms with Gasteiger partial charge in [-0.2, -0.15) is 0 Å². The SMILES string of the molecule is O=C(NCCCOC[C@H]1CCCO1)Nc1cccc2ccccc12. The largest absolute Gasteiger partial charge is 0.379 e. The third-order valence-electron chi connectivity index (χ3n) is 4.12. The summed E-state index contributed by atoms with van der Waals surface area (Å²) in [6, 6.07) is 13.7. The van der Waals surface area contributed by atoms with Crippen LogP contribution in [0, 0.1) is 0 Å². The number of fused-ring (bicyclic) bond motifs is 1. The summed E-state index contributed by atoms with van der Waals surface area (Å²) >= 11 is 0. The van der Waals surface area contributed by atoms with Crippen molar-refractivity contribution in [3.05, 3.63) is 42.5 Å². The molecule has 0 saturated carbocycles. The van der Waals surface area contributed by atoms with Crippen LogP contribution in [0.25, 0.3) is 10.8 Å². The van der Waals surface area contributed by atoms with Gasteiger partial charge in [0.2, 0.25) is 0 Å². The number of carbonyl (C=O) groups excluding carboxylic acids is 1. The van der Waals surface area contributed by atoms with E-state index >= 15 is 0 Å². The Morgan fingerprint density at radius 1 is 1.21 bits per heavy atom. The molecule has 3 rings (SSSR count). The third kappa shape index (κ3) is 4.69. The van der Waals surface area contributed by atoms with Crippen molar-refractivity contribution in [2.24, 2.45) is 0 Å². The summed E-state index contributed by atoms with van der Waals surface area (Å²) in [5.41, 5.74) is 0.820. The van der Waals surface area contributed by atoms with Gasteiger partial charge in [-0.25, -0.2) is 4.79 Å². The Hall–Kier alpha value is -2.11. The number of hydrogen-bond donors (Lipinski definition) is 2. The van der Waals surface area contributed by atoms with Crippen LogP contribution in [0.3, 0.4) is 0 Å². The van der Waals surface area contributed by atoms with Gasteiger partial charge >= 0.3 is 6.03 Å². The van der Waals surface area contributed by atoms with Crippen molar-refractivity contribution in [3.63, 3.8) is 0 Å². The minimum Gasteiger partial charge on any atom is -0.379 e. The highest BCUT2D eigenvalue weighted by Crippen LogP contribution is 2.22. The van der Waals surface area contributed by atoms with Crippen molar-refractivity contribution in [2.75, 3.05) is 31.7 Å². The number of anilines is 1. The summed E-state index contributed by atoms with van der Waals surface area (Å²) in [4.78, 5) is 12.0. The van der Waals surface area contributed by atoms with E-state index in [2.05, 4.69) is 10.6 Å². The van der Waals surface area contributed by atoms with Crippen molar-refractivity contribution < 1.29 is 14.3 Å². The second-order valence-electron chi connectivity index (χ2n) is 5.97. The lowest BCUT2D eigenvalue weighted by atomic mass is 10.1. The summed E-state index contributed by atoms with van der Waals surface area (Å²) in [6.07, 6.45) is 3.26. The van der Waals surface area contributed by atoms with E-state index < -0.39 is 0 Å². The van der Waals surface area contributed by atoms with Crippen molar-refractivity contribution in [3.8, 4) is 0 Å². The van der Waals surface area contributed by atoms with Crippen LogP contribution >= 0.6 is 0 Å². The van der Waals surface area contributed by atoms with Gasteiger partial charge in [-0.3, -0.25) is 0 Å². The van der Waals surface area contributed by atoms with Gasteiger partial charge in [0, 0.05) is 25.1 Å². The maximum Gasteiger partial charge on any atom is 0.319 e. The molecule has 0 bridgehead atoms. The van der Waals surface area contributed by atoms with Crippen molar-refractivity contribution >= 4 is 22.5 Å². The van der Waals surface area contributed by atoms with Crippen molar-refractivity contribution in [1.29, 1.82) is 0 Å². The fourth-order valence-corrected chi connectivity index (χ4v) is 2.87. The fourth-order valence-electron chi connectivity index (χ4n) is 2.87. The molecule has 0 aromatic heterocycles. The number of ether oxygens (including phenoxy) is 2. The van der Waals surface area contributed by atoms with Crippen LogP contribution in [0.5, 0.6) is 0 Å². The Balaban J connectivity index is 1.36. The van der Waals surface area contributed by atoms with Crippen molar-refractivity contribution in [1.82, 2.24) is 5.32 Å². The van der Waals surface area contributed by atoms with Gasteiger partial charge in [0.15, 0.2) is 0 Å². The highest BCUT2D eigenvalue weighted by atomic mass is 16.5. The normalized spacial score (nSPS) is 17.1. The lowest BCUT2D eigenvalue weighted by Gasteiger charge is -2.11. The van der Waals surface area contributed by atoms with E-state index in [9.17, 15) is 4.79 Å². The Kier molecular flexibility index (Phi) is 6.04. The first-order valence-corrected chi connectivity index (χ1v) is 8.55. The first-order chi connectivity index (χ1) is 11.8. The molecular formula is C19H24N2O3. The van der Waals surface area contributed by atoms with Gasteiger partial charge in [0.1, 0.15) is 0 Å². The number of rotatable bonds is 7. The molecule has 0 aliphatic carbocycles. The van der Waals surface area contributed by atoms with Gasteiger partial charge in [0.05, 0.1) is 18.4 Å². The molecular weight excluding hydrogens is 304 g/mol. The van der Waals surface area contributed by atoms with E-state index in [0.717, 1.165) is 42.3 Å². The molecule has 0 unspecified atom stereocenters. The topological polar surface area (TPSA) is 59.6 Å². The molecule has 1 saturated heterocycles. The van der Waals surface area contributed by atoms with Crippen LogP contribution in [-0.4, -0.2) is 38.5 Å². The fraction of sp³-hybridized carbons (Fsp3) is 0.421. The second-order valence-corrected chi connectivity index (χ2v) is 5.97. The van der Waals surface area contributed by atoms with Gasteiger partial charge in [0.25, 0.3) is 0 Å². The summed E-state index contributed by atoms with van der Waals surface area (Å²) in [5.74, 6) is 0. The quantitative estimate of drug-likeness (QED) is 0.764. The Morgan fingerprint density at radius 2 is 2.08 bits per heavy atom. The zero-order valence-electron chi connectivity index (χ0n) is 13.8. The zero-order valence-corrected chi connectivity index (χ0v) is 13.8. The van der Waals surface area contributed by atoms with E-state index in [1.807, 2.05) is 42.5 Å². The van der Waals surface area contributed by atoms with Crippen LogP contribution in [0.4, 0.5) is 10.5 Å². The summed E-state index contributed by atoms with van der Waals surface area (Å²) in [6.45, 7) is 2.72. The molecule has 1 fully saturated rings. The van der Waals surface area contributed by atoms with E-state index in [0.29, 0.717) is 19.8 Å². The van der Waals surface area contributed by atoms with Gasteiger partial charge in [-0.1, -0.05) is 36.4 Å². The Morgan fingerprint density at radius 3 is 2.96 bits per heavy atom. The first kappa shape index (κ1) is 16.7. The maximum absolute atomic E-state index is 12.0. The number of carbonyl (C=O) groups is 1. The smallest absolute Gasteiger partial charge is 0.319 e. The maximum atomic E-state index is 12.0. The molecule has 5 nitrogen and oxygen atoms in total. The molecule has 1 aliphatic rings. The van der Waals surface area contributed by atoms with Crippen LogP contribution < -0.4 is 10.6 Å². The van der Waals surface area contributed by atoms with Gasteiger partial charge in [-0.15, -0.1) is 0 Å². The molecule has 2 aromatic carbocycles. The minimum atomic E-state index is -0.189. The lowest BCUT2D eigenvalue weighted by molar-refractivity contribution is 0.0168. The molecule has 2 N–H and O–H groups in total. The van der Waals surface area contributed by atoms with E-state index in [-0.39, 0.29) is 12.1 Å². The zero-order chi connectivity index (χ0) is 16.6. The molecule has 2 amide bonds. The molecule has 1 heterocycles. The number of amides is 2. The highest BCUT2D eigenvalue weighted by molar-refractivity contribution is 6.01. The van der Waals surface area contributed by atoms with Gasteiger partial charge < -0.3 is 20.1 Å². The molecule has 1 atom stereocenters. The van der Waals surface area contributed by atoms with Crippen LogP contribution in [0.15, 0.2) is 42.5 Å². The summed E-state index contributed by atoms with van der Waals surface area (Å²) < 4.78 is 11.1. The standard InChI is InChI=1S/C19H24N2O3/c22-19(20-11-5-12-23-14-16-8-4-13-24-16)21-18-10-3-7-15-6-1-2-9-17(15)18/h1-3,6-7,9-10,16H,4-5,8,11-14H2,(H2,20,21,22)/t16-/m1/s1. The molecule has 128 valence electrons. The van der Waals surface area contributed by atoms with E-state index in [4.69, 9.17) is 9.47 Å². The molecule has 0 spiro atoms. The number of nitrogens with one attached hydrogen (secondary N) is 2. The van der Waals surface area contributed by atoms with Crippen LogP contribution in [-0.2, 0) is 9.47 Å². The summed E-state index contributed by atoms with van der Waals surface area (Å²) in [5, 5.41) is 7.92. The summed E-state index contributed by atoms with van der Waals surface area (Å²) in [7, 11) is 0. The van der Waals surface area contributed by atoms with Crippen LogP contribution in [0.1, 0.15) is 19.3 Å². The molecule has 0 radical (unpaired) electrons. The van der Waals surface area contributed by atoms with Crippen molar-refractivity contribution in [2.45, 2.75) is 25.4 Å². The molecule has 5 heteroatoms. The molecule has 2 aromatic rings. The average Bonchev–Trinajstić information content (AvgIpc) is 3.12. The Labute approximate surface area is 142 Å². The predicted molar refractivity (Wildman–Crippen MR) is 95.4 cm³/mol. The second kappa shape index (κ2) is 8.66. The first-order valence-electron chi connectivity index (χ1n) is 8.55. The van der Waals surface area contributed by atoms with Crippen LogP contribution in [0.2, 0.25) is 0 Å². The minimum absolute atomic E-state index is 0.189. The molecule has 1 aliphatic heterocycles. The third-order valence-corrected chi connectivity index (χ3v) is 4.12. The Bertz CT molecular complexity index is 663. The highest BCUT2D eigenvalue weighted by Gasteiger charge is 2.14. The van der Waals surface area contributed by atoms with Gasteiger partial charge in [-0.05, 0) is 30.7 Å². The number of benzene rings is 2. The average molecular weight is 328 g/mol. The van der Waals surface area contributed by atoms with E-state index in [1.54, 1.807) is 0 Å². The van der Waals surface area contributed by atoms with E-state index in [1.165, 1.54) is 0 Å². The monoisotopic (exact) mass is 328 g/mol. The molecule has 24 heavy (non-hydrogen) atoms. The predicted octanol–water partition coefficient (Wildman–Crippen LogP) is 3.55. The number of hydrogen-bond acceptors (Lipinski definition) is 3.